The van der Waals surface area contributed by atoms with Crippen LogP contribution in [0.5, 0.6) is 0 Å². The third kappa shape index (κ3) is 3.86. The highest BCUT2D eigenvalue weighted by Crippen LogP contribution is 2.22. The summed E-state index contributed by atoms with van der Waals surface area (Å²) in [5.41, 5.74) is 2.59. The van der Waals surface area contributed by atoms with Crippen molar-refractivity contribution in [2.45, 2.75) is 13.0 Å². The molecule has 1 saturated heterocycles. The number of halogens is 1. The zero-order chi connectivity index (χ0) is 17.8. The number of carbonyl (C=O) groups excluding carboxylic acids is 1. The lowest BCUT2D eigenvalue weighted by molar-refractivity contribution is 0.0606. The van der Waals surface area contributed by atoms with Gasteiger partial charge in [-0.1, -0.05) is 29.8 Å². The maximum Gasteiger partial charge on any atom is 0.253 e. The minimum absolute atomic E-state index is 0.0231. The van der Waals surface area contributed by atoms with Gasteiger partial charge < -0.3 is 4.90 Å². The monoisotopic (exact) mass is 337 g/mol. The molecule has 1 amide bonds. The Labute approximate surface area is 147 Å². The molecule has 128 valence electrons. The molecule has 1 heterocycles. The molecule has 0 radical (unpaired) electrons. The van der Waals surface area contributed by atoms with Crippen LogP contribution in [0.15, 0.2) is 48.5 Å². The average molecular weight is 337 g/mol. The number of carbonyl (C=O) groups is 1. The third-order valence-electron chi connectivity index (χ3n) is 4.57. The smallest absolute Gasteiger partial charge is 0.253 e. The van der Waals surface area contributed by atoms with E-state index in [9.17, 15) is 14.4 Å². The fourth-order valence-corrected chi connectivity index (χ4v) is 3.07. The Morgan fingerprint density at radius 1 is 1.04 bits per heavy atom. The molecule has 1 aliphatic heterocycles. The number of piperazine rings is 1. The maximum atomic E-state index is 13.1. The van der Waals surface area contributed by atoms with Gasteiger partial charge in [-0.3, -0.25) is 9.69 Å². The maximum absolute atomic E-state index is 13.1. The Hall–Kier alpha value is -2.71. The lowest BCUT2D eigenvalue weighted by atomic mass is 10.1. The summed E-state index contributed by atoms with van der Waals surface area (Å²) in [5, 5.41) is 9.51. The summed E-state index contributed by atoms with van der Waals surface area (Å²) in [6.07, 6.45) is 0. The van der Waals surface area contributed by atoms with E-state index in [0.717, 1.165) is 11.1 Å². The SMILES string of the molecule is Cc1ccc(C(=O)N2CCN(C(C#N)c3ccc(F)cc3)CC2)cc1. The van der Waals surface area contributed by atoms with Crippen molar-refractivity contribution in [3.05, 3.63) is 71.0 Å². The molecule has 0 bridgehead atoms. The van der Waals surface area contributed by atoms with Crippen molar-refractivity contribution in [3.63, 3.8) is 0 Å². The van der Waals surface area contributed by atoms with Gasteiger partial charge in [0.15, 0.2) is 0 Å². The van der Waals surface area contributed by atoms with Crippen molar-refractivity contribution >= 4 is 5.91 Å². The van der Waals surface area contributed by atoms with E-state index in [1.165, 1.54) is 12.1 Å². The van der Waals surface area contributed by atoms with Crippen LogP contribution >= 0.6 is 0 Å². The first-order chi connectivity index (χ1) is 12.1. The number of nitriles is 1. The molecule has 25 heavy (non-hydrogen) atoms. The van der Waals surface area contributed by atoms with Crippen LogP contribution in [0.25, 0.3) is 0 Å². The van der Waals surface area contributed by atoms with Crippen LogP contribution < -0.4 is 0 Å². The molecular weight excluding hydrogens is 317 g/mol. The van der Waals surface area contributed by atoms with Crippen molar-refractivity contribution in [3.8, 4) is 6.07 Å². The molecule has 4 nitrogen and oxygen atoms in total. The summed E-state index contributed by atoms with van der Waals surface area (Å²) in [5.74, 6) is -0.288. The Kier molecular flexibility index (Phi) is 5.11. The summed E-state index contributed by atoms with van der Waals surface area (Å²) in [7, 11) is 0. The number of nitrogens with zero attached hydrogens (tertiary/aromatic N) is 3. The van der Waals surface area contributed by atoms with Crippen molar-refractivity contribution < 1.29 is 9.18 Å². The lowest BCUT2D eigenvalue weighted by Gasteiger charge is -2.37. The van der Waals surface area contributed by atoms with Crippen LogP contribution in [0, 0.1) is 24.1 Å². The van der Waals surface area contributed by atoms with E-state index in [1.807, 2.05) is 41.0 Å². The molecule has 1 aliphatic rings. The van der Waals surface area contributed by atoms with Crippen LogP contribution in [0.4, 0.5) is 4.39 Å². The van der Waals surface area contributed by atoms with Gasteiger partial charge in [0, 0.05) is 31.7 Å². The van der Waals surface area contributed by atoms with E-state index in [4.69, 9.17) is 0 Å². The molecule has 3 rings (SSSR count). The van der Waals surface area contributed by atoms with Gasteiger partial charge in [0.05, 0.1) is 6.07 Å². The topological polar surface area (TPSA) is 47.3 Å². The molecule has 0 aromatic heterocycles. The van der Waals surface area contributed by atoms with Gasteiger partial charge in [0.25, 0.3) is 5.91 Å². The highest BCUT2D eigenvalue weighted by atomic mass is 19.1. The van der Waals surface area contributed by atoms with E-state index < -0.39 is 6.04 Å². The predicted octanol–water partition coefficient (Wildman–Crippen LogP) is 3.16. The van der Waals surface area contributed by atoms with Crippen LogP contribution in [0.2, 0.25) is 0 Å². The number of aryl methyl sites for hydroxylation is 1. The first-order valence-electron chi connectivity index (χ1n) is 8.33. The van der Waals surface area contributed by atoms with Gasteiger partial charge in [-0.15, -0.1) is 0 Å². The van der Waals surface area contributed by atoms with Gasteiger partial charge in [0.1, 0.15) is 11.9 Å². The molecule has 1 fully saturated rings. The quantitative estimate of drug-likeness (QED) is 0.864. The van der Waals surface area contributed by atoms with Crippen molar-refractivity contribution in [1.82, 2.24) is 9.80 Å². The molecular formula is C20H20FN3O. The molecule has 0 saturated carbocycles. The second kappa shape index (κ2) is 7.45. The lowest BCUT2D eigenvalue weighted by Crippen LogP contribution is -2.49. The average Bonchev–Trinajstić information content (AvgIpc) is 2.64. The number of hydrogen-bond acceptors (Lipinski definition) is 3. The summed E-state index contributed by atoms with van der Waals surface area (Å²) < 4.78 is 13.1. The highest BCUT2D eigenvalue weighted by Gasteiger charge is 2.27. The predicted molar refractivity (Wildman–Crippen MR) is 93.4 cm³/mol. The second-order valence-electron chi connectivity index (χ2n) is 6.28. The van der Waals surface area contributed by atoms with E-state index in [0.29, 0.717) is 31.7 Å². The standard InChI is InChI=1S/C20H20FN3O/c1-15-2-4-17(5-3-15)20(25)24-12-10-23(11-13-24)19(14-22)16-6-8-18(21)9-7-16/h2-9,19H,10-13H2,1H3. The van der Waals surface area contributed by atoms with Gasteiger partial charge in [-0.2, -0.15) is 5.26 Å². The number of hydrogen-bond donors (Lipinski definition) is 0. The van der Waals surface area contributed by atoms with E-state index in [1.54, 1.807) is 12.1 Å². The normalized spacial score (nSPS) is 16.3. The van der Waals surface area contributed by atoms with E-state index in [2.05, 4.69) is 6.07 Å². The van der Waals surface area contributed by atoms with Gasteiger partial charge >= 0.3 is 0 Å². The molecule has 2 aromatic carbocycles. The zero-order valence-corrected chi connectivity index (χ0v) is 14.2. The van der Waals surface area contributed by atoms with Crippen LogP contribution in [-0.2, 0) is 0 Å². The molecule has 1 unspecified atom stereocenters. The molecule has 5 heteroatoms. The number of rotatable bonds is 3. The van der Waals surface area contributed by atoms with Crippen molar-refractivity contribution in [2.24, 2.45) is 0 Å². The Morgan fingerprint density at radius 2 is 1.64 bits per heavy atom. The summed E-state index contributed by atoms with van der Waals surface area (Å²) in [4.78, 5) is 16.4. The Bertz CT molecular complexity index is 772. The summed E-state index contributed by atoms with van der Waals surface area (Å²) in [6.45, 7) is 4.38. The largest absolute Gasteiger partial charge is 0.336 e. The fourth-order valence-electron chi connectivity index (χ4n) is 3.07. The molecule has 0 spiro atoms. The first kappa shape index (κ1) is 17.1. The molecule has 0 N–H and O–H groups in total. The van der Waals surface area contributed by atoms with Crippen LogP contribution in [0.1, 0.15) is 27.5 Å². The Morgan fingerprint density at radius 3 is 2.20 bits per heavy atom. The first-order valence-corrected chi connectivity index (χ1v) is 8.33. The fraction of sp³-hybridized carbons (Fsp3) is 0.300. The van der Waals surface area contributed by atoms with Gasteiger partial charge in [0.2, 0.25) is 0 Å². The molecule has 2 aromatic rings. The highest BCUT2D eigenvalue weighted by molar-refractivity contribution is 5.94. The second-order valence-corrected chi connectivity index (χ2v) is 6.28. The zero-order valence-electron chi connectivity index (χ0n) is 14.2. The van der Waals surface area contributed by atoms with Crippen molar-refractivity contribution in [1.29, 1.82) is 5.26 Å². The number of amides is 1. The van der Waals surface area contributed by atoms with Crippen molar-refractivity contribution in [2.75, 3.05) is 26.2 Å². The summed E-state index contributed by atoms with van der Waals surface area (Å²) in [6, 6.07) is 15.5. The van der Waals surface area contributed by atoms with Gasteiger partial charge in [-0.25, -0.2) is 4.39 Å². The van der Waals surface area contributed by atoms with Crippen LogP contribution in [0.3, 0.4) is 0 Å². The van der Waals surface area contributed by atoms with Gasteiger partial charge in [-0.05, 0) is 36.8 Å². The van der Waals surface area contributed by atoms with E-state index in [-0.39, 0.29) is 11.7 Å². The minimum Gasteiger partial charge on any atom is -0.336 e. The summed E-state index contributed by atoms with van der Waals surface area (Å²) >= 11 is 0. The Balaban J connectivity index is 1.64. The molecule has 1 atom stereocenters. The minimum atomic E-state index is -0.419. The third-order valence-corrected chi connectivity index (χ3v) is 4.57. The van der Waals surface area contributed by atoms with Crippen LogP contribution in [-0.4, -0.2) is 41.9 Å². The molecule has 0 aliphatic carbocycles. The van der Waals surface area contributed by atoms with E-state index >= 15 is 0 Å². The number of benzene rings is 2.